The summed E-state index contributed by atoms with van der Waals surface area (Å²) in [6.07, 6.45) is 0.997. The Bertz CT molecular complexity index is 789. The van der Waals surface area contributed by atoms with Crippen LogP contribution in [0.5, 0.6) is 0 Å². The Kier molecular flexibility index (Phi) is 4.54. The van der Waals surface area contributed by atoms with E-state index in [0.29, 0.717) is 5.56 Å². The lowest BCUT2D eigenvalue weighted by Gasteiger charge is -2.08. The minimum Gasteiger partial charge on any atom is -0.392 e. The molecule has 3 rings (SSSR count). The SMILES string of the molecule is CCc1ccc(-c2ccc(-c3ccc(CO)cc3)c(F)c2)cc1. The largest absolute Gasteiger partial charge is 0.392 e. The van der Waals surface area contributed by atoms with Crippen LogP contribution >= 0.6 is 0 Å². The molecular formula is C21H19FO. The minimum atomic E-state index is -0.237. The zero-order valence-corrected chi connectivity index (χ0v) is 13.1. The van der Waals surface area contributed by atoms with Crippen molar-refractivity contribution in [2.75, 3.05) is 0 Å². The van der Waals surface area contributed by atoms with Crippen molar-refractivity contribution in [3.8, 4) is 22.3 Å². The quantitative estimate of drug-likeness (QED) is 0.701. The van der Waals surface area contributed by atoms with Crippen LogP contribution in [0.2, 0.25) is 0 Å². The van der Waals surface area contributed by atoms with Gasteiger partial charge in [-0.1, -0.05) is 67.6 Å². The third-order valence-electron chi connectivity index (χ3n) is 4.11. The van der Waals surface area contributed by atoms with E-state index in [1.807, 2.05) is 48.5 Å². The van der Waals surface area contributed by atoms with Crippen molar-refractivity contribution in [2.45, 2.75) is 20.0 Å². The standard InChI is InChI=1S/C21H19FO/c1-2-15-3-7-17(8-4-15)19-11-12-20(21(22)13-19)18-9-5-16(14-23)6-10-18/h3-13,23H,2,14H2,1H3. The highest BCUT2D eigenvalue weighted by atomic mass is 19.1. The zero-order chi connectivity index (χ0) is 16.2. The Labute approximate surface area is 136 Å². The monoisotopic (exact) mass is 306 g/mol. The number of hydrogen-bond donors (Lipinski definition) is 1. The van der Waals surface area contributed by atoms with Gasteiger partial charge in [-0.05, 0) is 40.3 Å². The van der Waals surface area contributed by atoms with Gasteiger partial charge in [0, 0.05) is 5.56 Å². The Hall–Kier alpha value is -2.45. The van der Waals surface area contributed by atoms with Gasteiger partial charge in [0.1, 0.15) is 5.82 Å². The summed E-state index contributed by atoms with van der Waals surface area (Å²) in [6.45, 7) is 2.11. The van der Waals surface area contributed by atoms with Gasteiger partial charge < -0.3 is 5.11 Å². The smallest absolute Gasteiger partial charge is 0.131 e. The molecule has 0 unspecified atom stereocenters. The number of aryl methyl sites for hydroxylation is 1. The first-order chi connectivity index (χ1) is 11.2. The first kappa shape index (κ1) is 15.4. The molecule has 0 bridgehead atoms. The average molecular weight is 306 g/mol. The van der Waals surface area contributed by atoms with Crippen molar-refractivity contribution >= 4 is 0 Å². The fourth-order valence-electron chi connectivity index (χ4n) is 2.65. The molecule has 1 nitrogen and oxygen atoms in total. The Morgan fingerprint density at radius 3 is 1.87 bits per heavy atom. The second-order valence-electron chi connectivity index (χ2n) is 5.60. The maximum atomic E-state index is 14.5. The highest BCUT2D eigenvalue weighted by molar-refractivity contribution is 5.71. The van der Waals surface area contributed by atoms with E-state index in [0.717, 1.165) is 28.7 Å². The van der Waals surface area contributed by atoms with Gasteiger partial charge in [0.2, 0.25) is 0 Å². The summed E-state index contributed by atoms with van der Waals surface area (Å²) in [4.78, 5) is 0. The molecular weight excluding hydrogens is 287 g/mol. The number of aliphatic hydroxyl groups is 1. The molecule has 0 spiro atoms. The molecule has 116 valence electrons. The second kappa shape index (κ2) is 6.76. The van der Waals surface area contributed by atoms with Crippen molar-refractivity contribution in [2.24, 2.45) is 0 Å². The predicted octanol–water partition coefficient (Wildman–Crippen LogP) is 5.21. The lowest BCUT2D eigenvalue weighted by atomic mass is 9.98. The van der Waals surface area contributed by atoms with Gasteiger partial charge in [-0.2, -0.15) is 0 Å². The summed E-state index contributed by atoms with van der Waals surface area (Å²) in [6, 6.07) is 20.8. The van der Waals surface area contributed by atoms with Gasteiger partial charge in [0.25, 0.3) is 0 Å². The van der Waals surface area contributed by atoms with E-state index in [2.05, 4.69) is 19.1 Å². The van der Waals surface area contributed by atoms with E-state index in [-0.39, 0.29) is 12.4 Å². The van der Waals surface area contributed by atoms with Crippen LogP contribution in [0.3, 0.4) is 0 Å². The van der Waals surface area contributed by atoms with Crippen molar-refractivity contribution in [3.63, 3.8) is 0 Å². The predicted molar refractivity (Wildman–Crippen MR) is 92.6 cm³/mol. The summed E-state index contributed by atoms with van der Waals surface area (Å²) in [5, 5.41) is 9.08. The summed E-state index contributed by atoms with van der Waals surface area (Å²) in [7, 11) is 0. The van der Waals surface area contributed by atoms with Crippen LogP contribution in [0.25, 0.3) is 22.3 Å². The first-order valence-electron chi connectivity index (χ1n) is 7.80. The number of hydrogen-bond acceptors (Lipinski definition) is 1. The third kappa shape index (κ3) is 3.33. The highest BCUT2D eigenvalue weighted by Crippen LogP contribution is 2.28. The fourth-order valence-corrected chi connectivity index (χ4v) is 2.65. The lowest BCUT2D eigenvalue weighted by molar-refractivity contribution is 0.282. The van der Waals surface area contributed by atoms with Crippen LogP contribution in [0, 0.1) is 5.82 Å². The average Bonchev–Trinajstić information content (AvgIpc) is 2.62. The minimum absolute atomic E-state index is 0.00451. The first-order valence-corrected chi connectivity index (χ1v) is 7.80. The molecule has 3 aromatic carbocycles. The van der Waals surface area contributed by atoms with Crippen molar-refractivity contribution < 1.29 is 9.50 Å². The molecule has 0 aliphatic rings. The van der Waals surface area contributed by atoms with Crippen molar-refractivity contribution in [1.29, 1.82) is 0 Å². The summed E-state index contributed by atoms with van der Waals surface area (Å²) < 4.78 is 14.5. The van der Waals surface area contributed by atoms with Gasteiger partial charge in [-0.3, -0.25) is 0 Å². The van der Waals surface area contributed by atoms with Crippen molar-refractivity contribution in [1.82, 2.24) is 0 Å². The van der Waals surface area contributed by atoms with Gasteiger partial charge in [-0.15, -0.1) is 0 Å². The highest BCUT2D eigenvalue weighted by Gasteiger charge is 2.07. The summed E-state index contributed by atoms with van der Waals surface area (Å²) in [5.74, 6) is -0.237. The molecule has 0 saturated heterocycles. The van der Waals surface area contributed by atoms with Crippen LogP contribution in [-0.4, -0.2) is 5.11 Å². The van der Waals surface area contributed by atoms with E-state index in [4.69, 9.17) is 5.11 Å². The van der Waals surface area contributed by atoms with Crippen LogP contribution in [0.4, 0.5) is 4.39 Å². The maximum Gasteiger partial charge on any atom is 0.131 e. The normalized spacial score (nSPS) is 10.7. The topological polar surface area (TPSA) is 20.2 Å². The Morgan fingerprint density at radius 2 is 1.30 bits per heavy atom. The van der Waals surface area contributed by atoms with Gasteiger partial charge in [0.15, 0.2) is 0 Å². The maximum absolute atomic E-state index is 14.5. The van der Waals surface area contributed by atoms with Gasteiger partial charge >= 0.3 is 0 Å². The summed E-state index contributed by atoms with van der Waals surface area (Å²) >= 11 is 0. The molecule has 0 fully saturated rings. The van der Waals surface area contributed by atoms with Gasteiger partial charge in [0.05, 0.1) is 6.61 Å². The molecule has 0 heterocycles. The lowest BCUT2D eigenvalue weighted by Crippen LogP contribution is -1.88. The van der Waals surface area contributed by atoms with Crippen molar-refractivity contribution in [3.05, 3.63) is 83.7 Å². The molecule has 0 aromatic heterocycles. The van der Waals surface area contributed by atoms with Crippen LogP contribution in [0.15, 0.2) is 66.7 Å². The molecule has 0 saturated carbocycles. The molecule has 3 aromatic rings. The van der Waals surface area contributed by atoms with E-state index >= 15 is 0 Å². The number of halogens is 1. The van der Waals surface area contributed by atoms with Crippen LogP contribution in [0.1, 0.15) is 18.1 Å². The molecule has 0 aliphatic heterocycles. The number of rotatable bonds is 4. The number of aliphatic hydroxyl groups excluding tert-OH is 1. The van der Waals surface area contributed by atoms with Crippen LogP contribution in [-0.2, 0) is 13.0 Å². The molecule has 1 N–H and O–H groups in total. The molecule has 0 amide bonds. The molecule has 0 radical (unpaired) electrons. The van der Waals surface area contributed by atoms with Gasteiger partial charge in [-0.25, -0.2) is 4.39 Å². The number of benzene rings is 3. The van der Waals surface area contributed by atoms with E-state index in [1.165, 1.54) is 5.56 Å². The van der Waals surface area contributed by atoms with E-state index in [9.17, 15) is 4.39 Å². The Morgan fingerprint density at radius 1 is 0.739 bits per heavy atom. The molecule has 0 aliphatic carbocycles. The molecule has 0 atom stereocenters. The van der Waals surface area contributed by atoms with E-state index in [1.54, 1.807) is 6.07 Å². The molecule has 23 heavy (non-hydrogen) atoms. The third-order valence-corrected chi connectivity index (χ3v) is 4.11. The van der Waals surface area contributed by atoms with Crippen LogP contribution < -0.4 is 0 Å². The van der Waals surface area contributed by atoms with E-state index < -0.39 is 0 Å². The Balaban J connectivity index is 1.92. The summed E-state index contributed by atoms with van der Waals surface area (Å²) in [5.41, 5.74) is 5.37. The zero-order valence-electron chi connectivity index (χ0n) is 13.1. The second-order valence-corrected chi connectivity index (χ2v) is 5.60. The molecule has 2 heteroatoms. The fraction of sp³-hybridized carbons (Fsp3) is 0.143.